The van der Waals surface area contributed by atoms with Crippen molar-refractivity contribution in [3.05, 3.63) is 20.8 Å². The van der Waals surface area contributed by atoms with E-state index in [1.165, 1.54) is 11.3 Å². The summed E-state index contributed by atoms with van der Waals surface area (Å²) in [5.74, 6) is 0.101. The Balaban J connectivity index is 2.20. The van der Waals surface area contributed by atoms with Gasteiger partial charge in [0.1, 0.15) is 0 Å². The average Bonchev–Trinajstić information content (AvgIpc) is 2.63. The lowest BCUT2D eigenvalue weighted by atomic mass is 10.0. The van der Waals surface area contributed by atoms with Crippen LogP contribution >= 0.6 is 27.3 Å². The molecule has 0 saturated carbocycles. The number of carbonyl (C=O) groups is 1. The number of nitrogens with zero attached hydrogens (tertiary/aromatic N) is 1. The summed E-state index contributed by atoms with van der Waals surface area (Å²) in [5, 5.41) is 0. The van der Waals surface area contributed by atoms with Crippen LogP contribution in [0.2, 0.25) is 0 Å². The van der Waals surface area contributed by atoms with Crippen LogP contribution in [0.5, 0.6) is 0 Å². The van der Waals surface area contributed by atoms with Crippen molar-refractivity contribution in [1.29, 1.82) is 0 Å². The number of amides is 1. The second-order valence-corrected chi connectivity index (χ2v) is 6.89. The second-order valence-electron chi connectivity index (χ2n) is 4.43. The van der Waals surface area contributed by atoms with E-state index in [2.05, 4.69) is 15.9 Å². The van der Waals surface area contributed by atoms with Gasteiger partial charge >= 0.3 is 0 Å². The van der Waals surface area contributed by atoms with Gasteiger partial charge in [-0.15, -0.1) is 11.3 Å². The number of thiophene rings is 1. The highest BCUT2D eigenvalue weighted by Gasteiger charge is 2.34. The summed E-state index contributed by atoms with van der Waals surface area (Å²) in [7, 11) is 0. The van der Waals surface area contributed by atoms with Gasteiger partial charge in [0.05, 0.1) is 27.4 Å². The molecular weight excluding hydrogens is 290 g/mol. The molecule has 1 aliphatic heterocycles. The molecule has 0 aliphatic carbocycles. The highest BCUT2D eigenvalue weighted by atomic mass is 79.9. The van der Waals surface area contributed by atoms with E-state index in [1.54, 1.807) is 0 Å². The van der Waals surface area contributed by atoms with Crippen molar-refractivity contribution >= 4 is 33.2 Å². The number of rotatable bonds is 1. The van der Waals surface area contributed by atoms with Gasteiger partial charge in [0.15, 0.2) is 0 Å². The number of morpholine rings is 1. The molecule has 0 spiro atoms. The maximum atomic E-state index is 12.3. The van der Waals surface area contributed by atoms with Crippen molar-refractivity contribution in [2.45, 2.75) is 19.4 Å². The third-order valence-electron chi connectivity index (χ3n) is 2.67. The van der Waals surface area contributed by atoms with E-state index in [0.29, 0.717) is 19.8 Å². The minimum absolute atomic E-state index is 0.101. The van der Waals surface area contributed by atoms with Crippen molar-refractivity contribution in [2.24, 2.45) is 0 Å². The number of carbonyl (C=O) groups excluding carboxylic acids is 1. The maximum Gasteiger partial charge on any atom is 0.264 e. The standard InChI is InChI=1S/C11H14BrNO2S/c1-11(2)7-15-6-5-13(11)10(14)8-3-4-9(12)16-8/h3-4H,5-7H2,1-2H3. The first-order valence-electron chi connectivity index (χ1n) is 5.16. The van der Waals surface area contributed by atoms with Crippen molar-refractivity contribution < 1.29 is 9.53 Å². The van der Waals surface area contributed by atoms with E-state index in [0.717, 1.165) is 8.66 Å². The van der Waals surface area contributed by atoms with E-state index in [-0.39, 0.29) is 11.4 Å². The second kappa shape index (κ2) is 4.47. The van der Waals surface area contributed by atoms with Crippen LogP contribution in [0.3, 0.4) is 0 Å². The van der Waals surface area contributed by atoms with E-state index in [1.807, 2.05) is 30.9 Å². The SMILES string of the molecule is CC1(C)COCCN1C(=O)c1ccc(Br)s1. The predicted molar refractivity (Wildman–Crippen MR) is 68.0 cm³/mol. The lowest BCUT2D eigenvalue weighted by Gasteiger charge is -2.41. The zero-order valence-corrected chi connectivity index (χ0v) is 11.7. The smallest absolute Gasteiger partial charge is 0.264 e. The minimum Gasteiger partial charge on any atom is -0.377 e. The molecule has 1 aliphatic rings. The summed E-state index contributed by atoms with van der Waals surface area (Å²) in [6.07, 6.45) is 0. The third-order valence-corrected chi connectivity index (χ3v) is 4.29. The monoisotopic (exact) mass is 303 g/mol. The molecule has 16 heavy (non-hydrogen) atoms. The molecule has 0 atom stereocenters. The largest absolute Gasteiger partial charge is 0.377 e. The molecule has 3 nitrogen and oxygen atoms in total. The summed E-state index contributed by atoms with van der Waals surface area (Å²) in [4.78, 5) is 15.0. The summed E-state index contributed by atoms with van der Waals surface area (Å²) >= 11 is 4.85. The molecule has 0 bridgehead atoms. The summed E-state index contributed by atoms with van der Waals surface area (Å²) in [5.41, 5.74) is -0.216. The Hall–Kier alpha value is -0.390. The highest BCUT2D eigenvalue weighted by molar-refractivity contribution is 9.11. The van der Waals surface area contributed by atoms with Crippen LogP contribution < -0.4 is 0 Å². The first kappa shape index (κ1) is 12.1. The first-order valence-corrected chi connectivity index (χ1v) is 6.77. The molecule has 1 aromatic rings. The van der Waals surface area contributed by atoms with E-state index in [9.17, 15) is 4.79 Å². The van der Waals surface area contributed by atoms with Crippen LogP contribution in [-0.2, 0) is 4.74 Å². The fourth-order valence-corrected chi connectivity index (χ4v) is 3.13. The predicted octanol–water partition coefficient (Wildman–Crippen LogP) is 2.76. The molecule has 5 heteroatoms. The van der Waals surface area contributed by atoms with E-state index in [4.69, 9.17) is 4.74 Å². The number of hydrogen-bond acceptors (Lipinski definition) is 3. The van der Waals surface area contributed by atoms with Crippen molar-refractivity contribution in [2.75, 3.05) is 19.8 Å². The minimum atomic E-state index is -0.216. The van der Waals surface area contributed by atoms with Gasteiger partial charge in [0, 0.05) is 6.54 Å². The van der Waals surface area contributed by atoms with Gasteiger partial charge in [-0.3, -0.25) is 4.79 Å². The quantitative estimate of drug-likeness (QED) is 0.798. The summed E-state index contributed by atoms with van der Waals surface area (Å²) < 4.78 is 6.39. The lowest BCUT2D eigenvalue weighted by Crippen LogP contribution is -2.55. The molecule has 0 unspecified atom stereocenters. The molecular formula is C11H14BrNO2S. The fraction of sp³-hybridized carbons (Fsp3) is 0.545. The normalized spacial score (nSPS) is 19.8. The van der Waals surface area contributed by atoms with Crippen LogP contribution in [0.25, 0.3) is 0 Å². The Morgan fingerprint density at radius 1 is 1.56 bits per heavy atom. The van der Waals surface area contributed by atoms with Crippen LogP contribution in [-0.4, -0.2) is 36.1 Å². The van der Waals surface area contributed by atoms with Gasteiger partial charge in [-0.2, -0.15) is 0 Å². The van der Waals surface area contributed by atoms with Gasteiger partial charge < -0.3 is 9.64 Å². The number of ether oxygens (including phenoxy) is 1. The van der Waals surface area contributed by atoms with Crippen LogP contribution in [0, 0.1) is 0 Å². The molecule has 0 radical (unpaired) electrons. The Labute approximate surface area is 108 Å². The average molecular weight is 304 g/mol. The molecule has 1 amide bonds. The molecule has 1 aromatic heterocycles. The number of hydrogen-bond donors (Lipinski definition) is 0. The Bertz CT molecular complexity index is 402. The molecule has 1 fully saturated rings. The van der Waals surface area contributed by atoms with E-state index < -0.39 is 0 Å². The third kappa shape index (κ3) is 2.31. The fourth-order valence-electron chi connectivity index (χ4n) is 1.80. The van der Waals surface area contributed by atoms with E-state index >= 15 is 0 Å². The number of halogens is 1. The molecule has 2 rings (SSSR count). The molecule has 2 heterocycles. The topological polar surface area (TPSA) is 29.5 Å². The van der Waals surface area contributed by atoms with Crippen molar-refractivity contribution in [3.8, 4) is 0 Å². The van der Waals surface area contributed by atoms with Gasteiger partial charge in [-0.25, -0.2) is 0 Å². The Morgan fingerprint density at radius 3 is 2.88 bits per heavy atom. The van der Waals surface area contributed by atoms with Gasteiger partial charge in [0.2, 0.25) is 0 Å². The van der Waals surface area contributed by atoms with Crippen molar-refractivity contribution in [1.82, 2.24) is 4.90 Å². The molecule has 88 valence electrons. The highest BCUT2D eigenvalue weighted by Crippen LogP contribution is 2.27. The summed E-state index contributed by atoms with van der Waals surface area (Å²) in [6, 6.07) is 3.77. The lowest BCUT2D eigenvalue weighted by molar-refractivity contribution is -0.0368. The zero-order valence-electron chi connectivity index (χ0n) is 9.33. The van der Waals surface area contributed by atoms with Gasteiger partial charge in [-0.1, -0.05) is 0 Å². The Morgan fingerprint density at radius 2 is 2.31 bits per heavy atom. The van der Waals surface area contributed by atoms with Crippen LogP contribution in [0.1, 0.15) is 23.5 Å². The Kier molecular flexibility index (Phi) is 3.37. The summed E-state index contributed by atoms with van der Waals surface area (Å²) in [6.45, 7) is 5.97. The molecule has 1 saturated heterocycles. The van der Waals surface area contributed by atoms with Crippen LogP contribution in [0.4, 0.5) is 0 Å². The first-order chi connectivity index (χ1) is 7.50. The van der Waals surface area contributed by atoms with Gasteiger partial charge in [0.25, 0.3) is 5.91 Å². The maximum absolute atomic E-state index is 12.3. The zero-order chi connectivity index (χ0) is 11.8. The van der Waals surface area contributed by atoms with Gasteiger partial charge in [-0.05, 0) is 41.9 Å². The molecule has 0 N–H and O–H groups in total. The molecule has 0 aromatic carbocycles. The van der Waals surface area contributed by atoms with Crippen LogP contribution in [0.15, 0.2) is 15.9 Å². The van der Waals surface area contributed by atoms with Crippen molar-refractivity contribution in [3.63, 3.8) is 0 Å².